The number of carbonyl (C=O) groups is 3. The van der Waals surface area contributed by atoms with Crippen LogP contribution in [0.5, 0.6) is 0 Å². The fraction of sp³-hybridized carbons (Fsp3) is 0.500. The van der Waals surface area contributed by atoms with Crippen molar-refractivity contribution in [1.29, 1.82) is 0 Å². The van der Waals surface area contributed by atoms with Crippen molar-refractivity contribution in [3.8, 4) is 0 Å². The highest BCUT2D eigenvalue weighted by atomic mass is 16.7. The molecular formula is C16H18N4O8. The predicted molar refractivity (Wildman–Crippen MR) is 89.8 cm³/mol. The predicted octanol–water partition coefficient (Wildman–Crippen LogP) is -0.556. The first-order chi connectivity index (χ1) is 13.3. The van der Waals surface area contributed by atoms with Crippen molar-refractivity contribution in [2.75, 3.05) is 6.61 Å². The maximum Gasteiger partial charge on any atom is 0.303 e. The topological polar surface area (TPSA) is 152 Å². The van der Waals surface area contributed by atoms with E-state index in [4.69, 9.17) is 18.9 Å². The van der Waals surface area contributed by atoms with E-state index in [9.17, 15) is 19.2 Å². The first-order valence-corrected chi connectivity index (χ1v) is 8.31. The third kappa shape index (κ3) is 3.86. The molecule has 4 atom stereocenters. The molecule has 1 saturated heterocycles. The first kappa shape index (κ1) is 19.5. The summed E-state index contributed by atoms with van der Waals surface area (Å²) in [7, 11) is 0. The van der Waals surface area contributed by atoms with Crippen molar-refractivity contribution in [1.82, 2.24) is 19.5 Å². The van der Waals surface area contributed by atoms with E-state index < -0.39 is 48.0 Å². The Bertz CT molecular complexity index is 967. The Labute approximate surface area is 157 Å². The number of imidazole rings is 1. The molecule has 2 aromatic rings. The van der Waals surface area contributed by atoms with Crippen LogP contribution in [0.2, 0.25) is 0 Å². The molecule has 150 valence electrons. The van der Waals surface area contributed by atoms with Crippen LogP contribution in [-0.2, 0) is 33.3 Å². The summed E-state index contributed by atoms with van der Waals surface area (Å²) in [6.45, 7) is 3.36. The molecule has 12 nitrogen and oxygen atoms in total. The van der Waals surface area contributed by atoms with E-state index in [1.807, 2.05) is 0 Å². The van der Waals surface area contributed by atoms with Crippen LogP contribution in [0.1, 0.15) is 27.0 Å². The Balaban J connectivity index is 2.02. The number of aromatic amines is 1. The van der Waals surface area contributed by atoms with Crippen molar-refractivity contribution < 1.29 is 33.3 Å². The molecule has 28 heavy (non-hydrogen) atoms. The van der Waals surface area contributed by atoms with Crippen LogP contribution in [0.4, 0.5) is 0 Å². The highest BCUT2D eigenvalue weighted by Gasteiger charge is 2.51. The van der Waals surface area contributed by atoms with Gasteiger partial charge in [-0.15, -0.1) is 0 Å². The maximum absolute atomic E-state index is 11.9. The van der Waals surface area contributed by atoms with Gasteiger partial charge in [0.1, 0.15) is 12.7 Å². The molecule has 2 aromatic heterocycles. The van der Waals surface area contributed by atoms with Gasteiger partial charge >= 0.3 is 17.9 Å². The molecule has 3 rings (SSSR count). The minimum absolute atomic E-state index is 0.0557. The number of fused-ring (bicyclic) bond motifs is 1. The van der Waals surface area contributed by atoms with Gasteiger partial charge in [0, 0.05) is 20.8 Å². The van der Waals surface area contributed by atoms with Crippen molar-refractivity contribution in [2.45, 2.75) is 45.3 Å². The zero-order valence-electron chi connectivity index (χ0n) is 15.3. The average molecular weight is 394 g/mol. The lowest BCUT2D eigenvalue weighted by atomic mass is 10.1. The van der Waals surface area contributed by atoms with Crippen molar-refractivity contribution in [2.24, 2.45) is 0 Å². The summed E-state index contributed by atoms with van der Waals surface area (Å²) >= 11 is 0. The number of rotatable bonds is 5. The Morgan fingerprint density at radius 1 is 1.11 bits per heavy atom. The van der Waals surface area contributed by atoms with Crippen LogP contribution in [0.25, 0.3) is 11.2 Å². The van der Waals surface area contributed by atoms with Gasteiger partial charge in [-0.05, 0) is 0 Å². The number of carbonyl (C=O) groups excluding carboxylic acids is 3. The molecule has 0 unspecified atom stereocenters. The fourth-order valence-corrected chi connectivity index (χ4v) is 2.97. The van der Waals surface area contributed by atoms with Gasteiger partial charge in [-0.2, -0.15) is 0 Å². The minimum Gasteiger partial charge on any atom is -0.463 e. The van der Waals surface area contributed by atoms with Gasteiger partial charge in [0.15, 0.2) is 29.6 Å². The molecule has 0 bridgehead atoms. The molecule has 0 aliphatic carbocycles. The van der Waals surface area contributed by atoms with E-state index in [2.05, 4.69) is 15.0 Å². The summed E-state index contributed by atoms with van der Waals surface area (Å²) in [5.41, 5.74) is -0.223. The smallest absolute Gasteiger partial charge is 0.303 e. The summed E-state index contributed by atoms with van der Waals surface area (Å²) < 4.78 is 22.8. The second kappa shape index (κ2) is 7.76. The van der Waals surface area contributed by atoms with Gasteiger partial charge in [-0.3, -0.25) is 23.7 Å². The minimum atomic E-state index is -1.08. The van der Waals surface area contributed by atoms with Crippen LogP contribution in [0.15, 0.2) is 17.4 Å². The monoisotopic (exact) mass is 394 g/mol. The largest absolute Gasteiger partial charge is 0.463 e. The second-order valence-corrected chi connectivity index (χ2v) is 6.07. The molecule has 0 saturated carbocycles. The van der Waals surface area contributed by atoms with Crippen molar-refractivity contribution in [3.05, 3.63) is 23.0 Å². The van der Waals surface area contributed by atoms with Gasteiger partial charge in [-0.1, -0.05) is 0 Å². The van der Waals surface area contributed by atoms with Crippen molar-refractivity contribution in [3.63, 3.8) is 0 Å². The van der Waals surface area contributed by atoms with Gasteiger partial charge in [0.25, 0.3) is 5.56 Å². The third-order valence-corrected chi connectivity index (χ3v) is 3.98. The molecule has 1 aliphatic heterocycles. The van der Waals surface area contributed by atoms with Crippen LogP contribution in [-0.4, -0.2) is 62.3 Å². The number of hydrogen-bond donors (Lipinski definition) is 1. The van der Waals surface area contributed by atoms with E-state index in [0.29, 0.717) is 0 Å². The van der Waals surface area contributed by atoms with Crippen LogP contribution in [0, 0.1) is 0 Å². The quantitative estimate of drug-likeness (QED) is 0.516. The van der Waals surface area contributed by atoms with Gasteiger partial charge < -0.3 is 23.9 Å². The second-order valence-electron chi connectivity index (χ2n) is 6.07. The number of nitrogens with zero attached hydrogens (tertiary/aromatic N) is 3. The molecule has 1 aliphatic rings. The van der Waals surface area contributed by atoms with E-state index in [1.54, 1.807) is 0 Å². The molecule has 1 N–H and O–H groups in total. The lowest BCUT2D eigenvalue weighted by Gasteiger charge is -2.23. The Hall–Kier alpha value is -3.28. The SMILES string of the molecule is CC(=O)OC[C@H]1O[C@H](n2cnc3c(=O)[nH]cnc32)[C@@H](OC(C)=O)[C@@H]1OC(C)=O. The Kier molecular flexibility index (Phi) is 5.40. The van der Waals surface area contributed by atoms with Gasteiger partial charge in [0.2, 0.25) is 0 Å². The number of H-pyrrole nitrogens is 1. The molecule has 1 fully saturated rings. The summed E-state index contributed by atoms with van der Waals surface area (Å²) in [4.78, 5) is 56.8. The first-order valence-electron chi connectivity index (χ1n) is 8.31. The number of nitrogens with one attached hydrogen (secondary N) is 1. The van der Waals surface area contributed by atoms with E-state index >= 15 is 0 Å². The van der Waals surface area contributed by atoms with Crippen LogP contribution in [0.3, 0.4) is 0 Å². The highest BCUT2D eigenvalue weighted by Crippen LogP contribution is 2.35. The Morgan fingerprint density at radius 2 is 1.79 bits per heavy atom. The summed E-state index contributed by atoms with van der Waals surface area (Å²) in [5.74, 6) is -1.83. The molecule has 0 radical (unpaired) electrons. The molecule has 0 amide bonds. The summed E-state index contributed by atoms with van der Waals surface area (Å²) in [5, 5.41) is 0. The molecule has 0 spiro atoms. The molecule has 3 heterocycles. The number of ether oxygens (including phenoxy) is 4. The molecule has 0 aromatic carbocycles. The maximum atomic E-state index is 11.9. The van der Waals surface area contributed by atoms with E-state index in [0.717, 1.165) is 0 Å². The fourth-order valence-electron chi connectivity index (χ4n) is 2.97. The number of aromatic nitrogens is 4. The van der Waals surface area contributed by atoms with Gasteiger partial charge in [0.05, 0.1) is 12.7 Å². The lowest BCUT2D eigenvalue weighted by Crippen LogP contribution is -2.40. The molecular weight excluding hydrogens is 376 g/mol. The average Bonchev–Trinajstić information content (AvgIpc) is 3.16. The standard InChI is InChI=1S/C16H18N4O8/c1-7(21)25-4-10-12(26-8(2)22)13(27-9(3)23)16(28-10)20-6-19-11-14(20)17-5-18-15(11)24/h5-6,10,12-13,16H,4H2,1-3H3,(H,17,18,24)/t10-,12-,13+,16+/m1/s1. The third-order valence-electron chi connectivity index (χ3n) is 3.98. The van der Waals surface area contributed by atoms with E-state index in [1.165, 1.54) is 38.0 Å². The summed E-state index contributed by atoms with van der Waals surface area (Å²) in [6, 6.07) is 0. The summed E-state index contributed by atoms with van der Waals surface area (Å²) in [6.07, 6.45) is -1.58. The van der Waals surface area contributed by atoms with Crippen LogP contribution >= 0.6 is 0 Å². The van der Waals surface area contributed by atoms with E-state index in [-0.39, 0.29) is 17.8 Å². The Morgan fingerprint density at radius 3 is 2.43 bits per heavy atom. The molecule has 12 heteroatoms. The number of esters is 3. The van der Waals surface area contributed by atoms with Crippen molar-refractivity contribution >= 4 is 29.1 Å². The van der Waals surface area contributed by atoms with Gasteiger partial charge in [-0.25, -0.2) is 9.97 Å². The number of hydrogen-bond acceptors (Lipinski definition) is 10. The normalized spacial score (nSPS) is 24.1. The lowest BCUT2D eigenvalue weighted by molar-refractivity contribution is -0.166. The highest BCUT2D eigenvalue weighted by molar-refractivity contribution is 5.70. The van der Waals surface area contributed by atoms with Crippen LogP contribution < -0.4 is 5.56 Å². The zero-order valence-corrected chi connectivity index (χ0v) is 15.3. The zero-order chi connectivity index (χ0) is 20.4.